The third-order valence-electron chi connectivity index (χ3n) is 2.20. The van der Waals surface area contributed by atoms with Crippen molar-refractivity contribution in [3.8, 4) is 0 Å². The molecule has 0 bridgehead atoms. The standard InChI is InChI=1S/C10H16N4O3S/c1-3-4-5-7(8(15)16)12-9(17)13-10-11-6(2)14-18-10/h7H,3-5H2,1-2H3,(H,15,16)(H2,11,12,13,14,17). The van der Waals surface area contributed by atoms with Crippen LogP contribution in [0.2, 0.25) is 0 Å². The number of aliphatic carboxylic acids is 1. The van der Waals surface area contributed by atoms with Crippen LogP contribution >= 0.6 is 11.5 Å². The zero-order valence-electron chi connectivity index (χ0n) is 10.3. The number of urea groups is 1. The largest absolute Gasteiger partial charge is 0.480 e. The summed E-state index contributed by atoms with van der Waals surface area (Å²) in [6.07, 6.45) is 2.03. The lowest BCUT2D eigenvalue weighted by atomic mass is 10.1. The van der Waals surface area contributed by atoms with Gasteiger partial charge in [-0.2, -0.15) is 4.37 Å². The molecule has 0 saturated heterocycles. The number of carboxylic acid groups (broad SMARTS) is 1. The molecular weight excluding hydrogens is 256 g/mol. The van der Waals surface area contributed by atoms with Gasteiger partial charge in [-0.25, -0.2) is 14.6 Å². The molecule has 100 valence electrons. The molecule has 7 nitrogen and oxygen atoms in total. The number of carbonyl (C=O) groups is 2. The molecule has 1 heterocycles. The molecule has 1 aromatic heterocycles. The molecule has 0 aliphatic rings. The molecule has 2 amide bonds. The summed E-state index contributed by atoms with van der Waals surface area (Å²) in [6.45, 7) is 3.67. The van der Waals surface area contributed by atoms with Crippen molar-refractivity contribution in [2.24, 2.45) is 0 Å². The SMILES string of the molecule is CCCCC(NC(=O)Nc1nc(C)ns1)C(=O)O. The summed E-state index contributed by atoms with van der Waals surface area (Å²) < 4.78 is 3.91. The first kappa shape index (κ1) is 14.4. The van der Waals surface area contributed by atoms with Gasteiger partial charge in [-0.1, -0.05) is 19.8 Å². The van der Waals surface area contributed by atoms with E-state index in [-0.39, 0.29) is 0 Å². The minimum Gasteiger partial charge on any atom is -0.480 e. The number of hydrogen-bond acceptors (Lipinski definition) is 5. The molecular formula is C10H16N4O3S. The number of carboxylic acids is 1. The van der Waals surface area contributed by atoms with Crippen molar-refractivity contribution in [3.05, 3.63) is 5.82 Å². The van der Waals surface area contributed by atoms with E-state index in [1.807, 2.05) is 6.92 Å². The van der Waals surface area contributed by atoms with Crippen molar-refractivity contribution >= 4 is 28.7 Å². The Morgan fingerprint density at radius 3 is 2.72 bits per heavy atom. The molecule has 0 spiro atoms. The van der Waals surface area contributed by atoms with Crippen molar-refractivity contribution in [1.82, 2.24) is 14.7 Å². The molecule has 3 N–H and O–H groups in total. The summed E-state index contributed by atoms with van der Waals surface area (Å²) in [5, 5.41) is 14.2. The monoisotopic (exact) mass is 272 g/mol. The van der Waals surface area contributed by atoms with Gasteiger partial charge in [0.15, 0.2) is 0 Å². The third kappa shape index (κ3) is 4.66. The highest BCUT2D eigenvalue weighted by Gasteiger charge is 2.19. The predicted molar refractivity (Wildman–Crippen MR) is 67.7 cm³/mol. The number of carbonyl (C=O) groups excluding carboxylic acids is 1. The fraction of sp³-hybridized carbons (Fsp3) is 0.600. The van der Waals surface area contributed by atoms with E-state index in [0.717, 1.165) is 24.4 Å². The zero-order chi connectivity index (χ0) is 13.5. The Labute approximate surface area is 109 Å². The number of aromatic nitrogens is 2. The van der Waals surface area contributed by atoms with Crippen LogP contribution in [0.25, 0.3) is 0 Å². The number of amides is 2. The van der Waals surface area contributed by atoms with Crippen LogP contribution in [0.5, 0.6) is 0 Å². The molecule has 1 unspecified atom stereocenters. The fourth-order valence-electron chi connectivity index (χ4n) is 1.30. The first-order valence-corrected chi connectivity index (χ1v) is 6.41. The minimum atomic E-state index is -1.04. The molecule has 0 aromatic carbocycles. The highest BCUT2D eigenvalue weighted by Crippen LogP contribution is 2.10. The van der Waals surface area contributed by atoms with Gasteiger partial charge in [0.05, 0.1) is 0 Å². The molecule has 1 atom stereocenters. The van der Waals surface area contributed by atoms with Gasteiger partial charge in [0.2, 0.25) is 5.13 Å². The zero-order valence-corrected chi connectivity index (χ0v) is 11.1. The van der Waals surface area contributed by atoms with Crippen molar-refractivity contribution in [2.45, 2.75) is 39.2 Å². The fourth-order valence-corrected chi connectivity index (χ4v) is 1.88. The molecule has 1 aromatic rings. The van der Waals surface area contributed by atoms with E-state index in [2.05, 4.69) is 20.0 Å². The van der Waals surface area contributed by atoms with E-state index in [4.69, 9.17) is 5.11 Å². The number of rotatable bonds is 6. The van der Waals surface area contributed by atoms with Crippen LogP contribution in [0.4, 0.5) is 9.93 Å². The number of aryl methyl sites for hydroxylation is 1. The van der Waals surface area contributed by atoms with Crippen LogP contribution in [0.1, 0.15) is 32.0 Å². The normalized spacial score (nSPS) is 11.9. The second kappa shape index (κ2) is 6.90. The highest BCUT2D eigenvalue weighted by molar-refractivity contribution is 7.09. The molecule has 0 radical (unpaired) electrons. The maximum absolute atomic E-state index is 11.6. The van der Waals surface area contributed by atoms with Crippen LogP contribution in [-0.2, 0) is 4.79 Å². The van der Waals surface area contributed by atoms with Crippen molar-refractivity contribution in [2.75, 3.05) is 5.32 Å². The molecule has 0 saturated carbocycles. The van der Waals surface area contributed by atoms with E-state index in [0.29, 0.717) is 17.4 Å². The Morgan fingerprint density at radius 1 is 1.50 bits per heavy atom. The van der Waals surface area contributed by atoms with Crippen LogP contribution in [0, 0.1) is 6.92 Å². The van der Waals surface area contributed by atoms with Gasteiger partial charge in [-0.15, -0.1) is 0 Å². The molecule has 18 heavy (non-hydrogen) atoms. The van der Waals surface area contributed by atoms with Gasteiger partial charge >= 0.3 is 12.0 Å². The van der Waals surface area contributed by atoms with Gasteiger partial charge in [0.25, 0.3) is 0 Å². The summed E-state index contributed by atoms with van der Waals surface area (Å²) in [6, 6.07) is -1.45. The summed E-state index contributed by atoms with van der Waals surface area (Å²) >= 11 is 1.05. The quantitative estimate of drug-likeness (QED) is 0.729. The number of hydrogen-bond donors (Lipinski definition) is 3. The number of nitrogens with one attached hydrogen (secondary N) is 2. The highest BCUT2D eigenvalue weighted by atomic mass is 32.1. The van der Waals surface area contributed by atoms with Crippen LogP contribution in [0.3, 0.4) is 0 Å². The van der Waals surface area contributed by atoms with Crippen LogP contribution in [0.15, 0.2) is 0 Å². The molecule has 0 fully saturated rings. The summed E-state index contributed by atoms with van der Waals surface area (Å²) in [4.78, 5) is 26.4. The lowest BCUT2D eigenvalue weighted by Gasteiger charge is -2.13. The van der Waals surface area contributed by atoms with Gasteiger partial charge in [0.1, 0.15) is 11.9 Å². The van der Waals surface area contributed by atoms with Crippen molar-refractivity contribution in [1.29, 1.82) is 0 Å². The first-order chi connectivity index (χ1) is 8.52. The second-order valence-electron chi connectivity index (χ2n) is 3.78. The van der Waals surface area contributed by atoms with E-state index < -0.39 is 18.0 Å². The number of anilines is 1. The van der Waals surface area contributed by atoms with Crippen molar-refractivity contribution in [3.63, 3.8) is 0 Å². The Kier molecular flexibility index (Phi) is 5.50. The van der Waals surface area contributed by atoms with Crippen LogP contribution < -0.4 is 10.6 Å². The Balaban J connectivity index is 2.48. The average Bonchev–Trinajstić information content (AvgIpc) is 2.69. The lowest BCUT2D eigenvalue weighted by Crippen LogP contribution is -2.42. The van der Waals surface area contributed by atoms with E-state index in [9.17, 15) is 9.59 Å². The molecule has 0 aliphatic carbocycles. The number of unbranched alkanes of at least 4 members (excludes halogenated alkanes) is 1. The topological polar surface area (TPSA) is 104 Å². The van der Waals surface area contributed by atoms with Gasteiger partial charge in [-0.3, -0.25) is 5.32 Å². The van der Waals surface area contributed by atoms with Gasteiger partial charge in [-0.05, 0) is 13.3 Å². The number of nitrogens with zero attached hydrogens (tertiary/aromatic N) is 2. The third-order valence-corrected chi connectivity index (χ3v) is 2.92. The summed E-state index contributed by atoms with van der Waals surface area (Å²) in [7, 11) is 0. The van der Waals surface area contributed by atoms with E-state index in [1.165, 1.54) is 0 Å². The van der Waals surface area contributed by atoms with E-state index >= 15 is 0 Å². The predicted octanol–water partition coefficient (Wildman–Crippen LogP) is 1.61. The Hall–Kier alpha value is -1.70. The minimum absolute atomic E-state index is 0.352. The Morgan fingerprint density at radius 2 is 2.22 bits per heavy atom. The maximum Gasteiger partial charge on any atom is 0.326 e. The molecule has 8 heteroatoms. The Bertz CT molecular complexity index is 421. The van der Waals surface area contributed by atoms with E-state index in [1.54, 1.807) is 6.92 Å². The smallest absolute Gasteiger partial charge is 0.326 e. The van der Waals surface area contributed by atoms with Gasteiger partial charge < -0.3 is 10.4 Å². The van der Waals surface area contributed by atoms with Gasteiger partial charge in [0, 0.05) is 11.5 Å². The average molecular weight is 272 g/mol. The molecule has 1 rings (SSSR count). The van der Waals surface area contributed by atoms with Crippen molar-refractivity contribution < 1.29 is 14.7 Å². The van der Waals surface area contributed by atoms with Crippen LogP contribution in [-0.4, -0.2) is 32.5 Å². The first-order valence-electron chi connectivity index (χ1n) is 5.63. The molecule has 0 aliphatic heterocycles. The second-order valence-corrected chi connectivity index (χ2v) is 4.53. The summed E-state index contributed by atoms with van der Waals surface area (Å²) in [5.41, 5.74) is 0. The maximum atomic E-state index is 11.6. The summed E-state index contributed by atoms with van der Waals surface area (Å²) in [5.74, 6) is -0.469. The lowest BCUT2D eigenvalue weighted by molar-refractivity contribution is -0.139.